The van der Waals surface area contributed by atoms with Crippen molar-refractivity contribution in [1.29, 1.82) is 0 Å². The quantitative estimate of drug-likeness (QED) is 0.927. The van der Waals surface area contributed by atoms with E-state index in [9.17, 15) is 13.2 Å². The SMILES string of the molecule is FC(F)(F)c1cc(NC2CCN(Cc3cnccn3)C2)ncn1. The Hall–Kier alpha value is -2.29. The van der Waals surface area contributed by atoms with Gasteiger partial charge in [-0.2, -0.15) is 13.2 Å². The van der Waals surface area contributed by atoms with Gasteiger partial charge in [-0.3, -0.25) is 14.9 Å². The van der Waals surface area contributed by atoms with E-state index in [-0.39, 0.29) is 11.9 Å². The van der Waals surface area contributed by atoms with Crippen molar-refractivity contribution in [2.45, 2.75) is 25.2 Å². The Labute approximate surface area is 130 Å². The molecular formula is C14H15F3N6. The Bertz CT molecular complexity index is 648. The molecular weight excluding hydrogens is 309 g/mol. The highest BCUT2D eigenvalue weighted by Gasteiger charge is 2.33. The van der Waals surface area contributed by atoms with Gasteiger partial charge >= 0.3 is 6.18 Å². The third-order valence-electron chi connectivity index (χ3n) is 3.58. The molecule has 0 aliphatic carbocycles. The van der Waals surface area contributed by atoms with E-state index in [1.54, 1.807) is 18.6 Å². The normalized spacial score (nSPS) is 19.0. The Balaban J connectivity index is 1.58. The number of nitrogens with zero attached hydrogens (tertiary/aromatic N) is 5. The van der Waals surface area contributed by atoms with Crippen LogP contribution in [0.25, 0.3) is 0 Å². The Morgan fingerprint density at radius 2 is 2.09 bits per heavy atom. The van der Waals surface area contributed by atoms with Crippen LogP contribution >= 0.6 is 0 Å². The van der Waals surface area contributed by atoms with Crippen LogP contribution in [-0.4, -0.2) is 44.0 Å². The molecule has 3 heterocycles. The predicted octanol–water partition coefficient (Wildman–Crippen LogP) is 1.97. The first-order valence-electron chi connectivity index (χ1n) is 7.14. The zero-order valence-electron chi connectivity index (χ0n) is 12.2. The molecule has 1 fully saturated rings. The van der Waals surface area contributed by atoms with Gasteiger partial charge in [0.15, 0.2) is 0 Å². The van der Waals surface area contributed by atoms with E-state index in [4.69, 9.17) is 0 Å². The molecule has 0 radical (unpaired) electrons. The van der Waals surface area contributed by atoms with Crippen LogP contribution in [0.15, 0.2) is 31.0 Å². The van der Waals surface area contributed by atoms with Gasteiger partial charge in [-0.15, -0.1) is 0 Å². The second kappa shape index (κ2) is 6.45. The van der Waals surface area contributed by atoms with E-state index in [1.807, 2.05) is 0 Å². The lowest BCUT2D eigenvalue weighted by atomic mass is 10.2. The zero-order valence-corrected chi connectivity index (χ0v) is 12.2. The second-order valence-corrected chi connectivity index (χ2v) is 5.35. The van der Waals surface area contributed by atoms with Gasteiger partial charge < -0.3 is 5.32 Å². The smallest absolute Gasteiger partial charge is 0.366 e. The fourth-order valence-corrected chi connectivity index (χ4v) is 2.54. The fraction of sp³-hybridized carbons (Fsp3) is 0.429. The number of rotatable bonds is 4. The summed E-state index contributed by atoms with van der Waals surface area (Å²) in [7, 11) is 0. The molecule has 1 N–H and O–H groups in total. The summed E-state index contributed by atoms with van der Waals surface area (Å²) in [5, 5.41) is 3.04. The van der Waals surface area contributed by atoms with Crippen molar-refractivity contribution < 1.29 is 13.2 Å². The van der Waals surface area contributed by atoms with Gasteiger partial charge in [0.25, 0.3) is 0 Å². The van der Waals surface area contributed by atoms with Gasteiger partial charge in [-0.05, 0) is 6.42 Å². The topological polar surface area (TPSA) is 66.8 Å². The van der Waals surface area contributed by atoms with Crippen LogP contribution in [-0.2, 0) is 12.7 Å². The standard InChI is InChI=1S/C14H15F3N6/c15-14(16,17)12-5-13(21-9-20-12)22-10-1-4-23(7-10)8-11-6-18-2-3-19-11/h2-3,5-6,9-10H,1,4,7-8H2,(H,20,21,22). The van der Waals surface area contributed by atoms with Crippen molar-refractivity contribution in [2.75, 3.05) is 18.4 Å². The highest BCUT2D eigenvalue weighted by Crippen LogP contribution is 2.28. The minimum Gasteiger partial charge on any atom is -0.366 e. The summed E-state index contributed by atoms with van der Waals surface area (Å²) in [5.41, 5.74) is -0.0704. The van der Waals surface area contributed by atoms with E-state index < -0.39 is 11.9 Å². The summed E-state index contributed by atoms with van der Waals surface area (Å²) < 4.78 is 37.9. The van der Waals surface area contributed by atoms with Crippen molar-refractivity contribution in [1.82, 2.24) is 24.8 Å². The van der Waals surface area contributed by atoms with Crippen LogP contribution in [0.1, 0.15) is 17.8 Å². The van der Waals surface area contributed by atoms with Gasteiger partial charge in [0.1, 0.15) is 17.8 Å². The van der Waals surface area contributed by atoms with Crippen LogP contribution < -0.4 is 5.32 Å². The summed E-state index contributed by atoms with van der Waals surface area (Å²) >= 11 is 0. The third-order valence-corrected chi connectivity index (χ3v) is 3.58. The Morgan fingerprint density at radius 1 is 1.22 bits per heavy atom. The fourth-order valence-electron chi connectivity index (χ4n) is 2.54. The number of halogens is 3. The maximum atomic E-state index is 12.6. The van der Waals surface area contributed by atoms with Crippen LogP contribution in [0.3, 0.4) is 0 Å². The molecule has 0 aromatic carbocycles. The molecule has 1 saturated heterocycles. The molecule has 3 rings (SSSR count). The summed E-state index contributed by atoms with van der Waals surface area (Å²) in [6, 6.07) is 0.980. The number of alkyl halides is 3. The Kier molecular flexibility index (Phi) is 4.37. The molecule has 0 bridgehead atoms. The van der Waals surface area contributed by atoms with Crippen molar-refractivity contribution in [2.24, 2.45) is 0 Å². The van der Waals surface area contributed by atoms with Crippen LogP contribution in [0.2, 0.25) is 0 Å². The van der Waals surface area contributed by atoms with Gasteiger partial charge in [-0.1, -0.05) is 0 Å². The number of aromatic nitrogens is 4. The molecule has 0 saturated carbocycles. The molecule has 2 aromatic rings. The molecule has 23 heavy (non-hydrogen) atoms. The average Bonchev–Trinajstić information content (AvgIpc) is 2.95. The zero-order chi connectivity index (χ0) is 16.3. The molecule has 2 aromatic heterocycles. The Morgan fingerprint density at radius 3 is 2.83 bits per heavy atom. The monoisotopic (exact) mass is 324 g/mol. The molecule has 1 aliphatic heterocycles. The number of nitrogens with one attached hydrogen (secondary N) is 1. The van der Waals surface area contributed by atoms with E-state index in [2.05, 4.69) is 30.2 Å². The van der Waals surface area contributed by atoms with Gasteiger partial charge in [0, 0.05) is 50.3 Å². The molecule has 9 heteroatoms. The van der Waals surface area contributed by atoms with Crippen molar-refractivity contribution in [3.8, 4) is 0 Å². The summed E-state index contributed by atoms with van der Waals surface area (Å²) in [4.78, 5) is 17.5. The lowest BCUT2D eigenvalue weighted by molar-refractivity contribution is -0.141. The number of hydrogen-bond acceptors (Lipinski definition) is 6. The highest BCUT2D eigenvalue weighted by molar-refractivity contribution is 5.37. The first-order valence-corrected chi connectivity index (χ1v) is 7.14. The minimum atomic E-state index is -4.47. The van der Waals surface area contributed by atoms with Crippen molar-refractivity contribution in [3.05, 3.63) is 42.4 Å². The van der Waals surface area contributed by atoms with E-state index in [0.29, 0.717) is 13.1 Å². The van der Waals surface area contributed by atoms with E-state index in [1.165, 1.54) is 0 Å². The number of likely N-dealkylation sites (tertiary alicyclic amines) is 1. The summed E-state index contributed by atoms with van der Waals surface area (Å²) in [6.07, 6.45) is 2.25. The van der Waals surface area contributed by atoms with Gasteiger partial charge in [0.2, 0.25) is 0 Å². The van der Waals surface area contributed by atoms with Crippen LogP contribution in [0, 0.1) is 0 Å². The largest absolute Gasteiger partial charge is 0.433 e. The van der Waals surface area contributed by atoms with E-state index in [0.717, 1.165) is 31.1 Å². The maximum Gasteiger partial charge on any atom is 0.433 e. The molecule has 6 nitrogen and oxygen atoms in total. The molecule has 1 atom stereocenters. The van der Waals surface area contributed by atoms with Crippen molar-refractivity contribution >= 4 is 5.82 Å². The second-order valence-electron chi connectivity index (χ2n) is 5.35. The lowest BCUT2D eigenvalue weighted by Gasteiger charge is -2.16. The maximum absolute atomic E-state index is 12.6. The molecule has 1 aliphatic rings. The van der Waals surface area contributed by atoms with Gasteiger partial charge in [-0.25, -0.2) is 9.97 Å². The first kappa shape index (κ1) is 15.6. The number of anilines is 1. The van der Waals surface area contributed by atoms with Gasteiger partial charge in [0.05, 0.1) is 5.69 Å². The summed E-state index contributed by atoms with van der Waals surface area (Å²) in [6.45, 7) is 2.22. The van der Waals surface area contributed by atoms with E-state index >= 15 is 0 Å². The first-order chi connectivity index (χ1) is 11.0. The van der Waals surface area contributed by atoms with Crippen LogP contribution in [0.5, 0.6) is 0 Å². The average molecular weight is 324 g/mol. The highest BCUT2D eigenvalue weighted by atomic mass is 19.4. The van der Waals surface area contributed by atoms with Crippen LogP contribution in [0.4, 0.5) is 19.0 Å². The summed E-state index contributed by atoms with van der Waals surface area (Å²) in [5.74, 6) is 0.193. The minimum absolute atomic E-state index is 0.0441. The lowest BCUT2D eigenvalue weighted by Crippen LogP contribution is -2.26. The molecule has 0 amide bonds. The third kappa shape index (κ3) is 4.13. The predicted molar refractivity (Wildman–Crippen MR) is 76.4 cm³/mol. The number of hydrogen-bond donors (Lipinski definition) is 1. The molecule has 0 spiro atoms. The van der Waals surface area contributed by atoms with Crippen molar-refractivity contribution in [3.63, 3.8) is 0 Å². The molecule has 1 unspecified atom stereocenters. The molecule has 122 valence electrons.